The minimum Gasteiger partial charge on any atom is -0.360 e. The van der Waals surface area contributed by atoms with E-state index in [1.54, 1.807) is 19.1 Å². The number of hydrogen-bond donors (Lipinski definition) is 2. The lowest BCUT2D eigenvalue weighted by Gasteiger charge is -2.07. The number of aryl methyl sites for hydroxylation is 1. The van der Waals surface area contributed by atoms with Gasteiger partial charge in [-0.15, -0.1) is 0 Å². The molecule has 0 unspecified atom stereocenters. The number of rotatable bonds is 5. The van der Waals surface area contributed by atoms with Crippen LogP contribution in [0, 0.1) is 6.92 Å². The highest BCUT2D eigenvalue weighted by atomic mass is 32.2. The van der Waals surface area contributed by atoms with E-state index >= 15 is 0 Å². The fourth-order valence-electron chi connectivity index (χ4n) is 2.50. The molecule has 8 heteroatoms. The minimum absolute atomic E-state index is 0.0221. The number of carbonyl (C=O) groups is 1. The second-order valence-electron chi connectivity index (χ2n) is 5.70. The van der Waals surface area contributed by atoms with Crippen LogP contribution in [-0.4, -0.2) is 19.5 Å². The molecule has 0 saturated carbocycles. The molecule has 2 aromatic carbocycles. The minimum atomic E-state index is -3.74. The highest BCUT2D eigenvalue weighted by Gasteiger charge is 2.21. The SMILES string of the molecule is Cc1onc(-c2ccccc2)c1C(=O)NCc1ccc(S(N)(=O)=O)cc1. The quantitative estimate of drug-likeness (QED) is 0.713. The molecule has 0 fully saturated rings. The summed E-state index contributed by atoms with van der Waals surface area (Å²) in [5.41, 5.74) is 2.37. The first kappa shape index (κ1) is 17.8. The van der Waals surface area contributed by atoms with Gasteiger partial charge in [0.15, 0.2) is 0 Å². The summed E-state index contributed by atoms with van der Waals surface area (Å²) in [6.45, 7) is 1.90. The Morgan fingerprint density at radius 3 is 2.38 bits per heavy atom. The van der Waals surface area contributed by atoms with Crippen LogP contribution in [0.2, 0.25) is 0 Å². The van der Waals surface area contributed by atoms with Gasteiger partial charge in [-0.05, 0) is 24.6 Å². The molecule has 0 aliphatic rings. The van der Waals surface area contributed by atoms with Crippen molar-refractivity contribution in [1.82, 2.24) is 10.5 Å². The van der Waals surface area contributed by atoms with Crippen molar-refractivity contribution >= 4 is 15.9 Å². The van der Waals surface area contributed by atoms with Crippen molar-refractivity contribution in [3.63, 3.8) is 0 Å². The van der Waals surface area contributed by atoms with Crippen molar-refractivity contribution in [2.45, 2.75) is 18.4 Å². The Morgan fingerprint density at radius 2 is 1.77 bits per heavy atom. The van der Waals surface area contributed by atoms with Crippen LogP contribution in [0.1, 0.15) is 21.7 Å². The lowest BCUT2D eigenvalue weighted by molar-refractivity contribution is 0.0950. The number of primary sulfonamides is 1. The number of aromatic nitrogens is 1. The van der Waals surface area contributed by atoms with Gasteiger partial charge in [0, 0.05) is 12.1 Å². The van der Waals surface area contributed by atoms with E-state index in [1.807, 2.05) is 30.3 Å². The number of nitrogens with two attached hydrogens (primary N) is 1. The molecule has 134 valence electrons. The summed E-state index contributed by atoms with van der Waals surface area (Å²) >= 11 is 0. The first-order valence-corrected chi connectivity index (χ1v) is 9.32. The smallest absolute Gasteiger partial charge is 0.257 e. The fourth-order valence-corrected chi connectivity index (χ4v) is 3.02. The average molecular weight is 371 g/mol. The summed E-state index contributed by atoms with van der Waals surface area (Å²) in [5.74, 6) is 0.101. The van der Waals surface area contributed by atoms with Crippen LogP contribution in [0.15, 0.2) is 64.0 Å². The molecule has 1 amide bonds. The summed E-state index contributed by atoms with van der Waals surface area (Å²) in [5, 5.41) is 11.8. The number of amides is 1. The largest absolute Gasteiger partial charge is 0.360 e. The molecule has 0 spiro atoms. The maximum atomic E-state index is 12.6. The summed E-state index contributed by atoms with van der Waals surface area (Å²) in [7, 11) is -3.74. The third-order valence-electron chi connectivity index (χ3n) is 3.84. The second-order valence-corrected chi connectivity index (χ2v) is 7.26. The Bertz CT molecular complexity index is 1030. The van der Waals surface area contributed by atoms with E-state index < -0.39 is 10.0 Å². The first-order valence-electron chi connectivity index (χ1n) is 7.78. The molecule has 3 aromatic rings. The van der Waals surface area contributed by atoms with Gasteiger partial charge in [-0.3, -0.25) is 4.79 Å². The van der Waals surface area contributed by atoms with Crippen molar-refractivity contribution in [2.75, 3.05) is 0 Å². The zero-order valence-electron chi connectivity index (χ0n) is 14.0. The Labute approximate surface area is 150 Å². The van der Waals surface area contributed by atoms with E-state index in [2.05, 4.69) is 10.5 Å². The number of nitrogens with one attached hydrogen (secondary N) is 1. The molecular formula is C18H17N3O4S. The Kier molecular flexibility index (Phi) is 4.88. The molecule has 0 atom stereocenters. The van der Waals surface area contributed by atoms with Gasteiger partial charge in [0.1, 0.15) is 17.0 Å². The van der Waals surface area contributed by atoms with Crippen molar-refractivity contribution in [2.24, 2.45) is 5.14 Å². The molecular weight excluding hydrogens is 354 g/mol. The monoisotopic (exact) mass is 371 g/mol. The fraction of sp³-hybridized carbons (Fsp3) is 0.111. The van der Waals surface area contributed by atoms with Gasteiger partial charge in [0.2, 0.25) is 10.0 Å². The molecule has 0 bridgehead atoms. The normalized spacial score (nSPS) is 11.3. The molecule has 1 heterocycles. The average Bonchev–Trinajstić information content (AvgIpc) is 3.02. The van der Waals surface area contributed by atoms with Crippen molar-refractivity contribution in [3.05, 3.63) is 71.5 Å². The van der Waals surface area contributed by atoms with E-state index in [4.69, 9.17) is 9.66 Å². The van der Waals surface area contributed by atoms with Gasteiger partial charge < -0.3 is 9.84 Å². The summed E-state index contributed by atoms with van der Waals surface area (Å²) in [4.78, 5) is 12.6. The van der Waals surface area contributed by atoms with E-state index in [9.17, 15) is 13.2 Å². The third-order valence-corrected chi connectivity index (χ3v) is 4.77. The molecule has 0 saturated heterocycles. The standard InChI is InChI=1S/C18H17N3O4S/c1-12-16(17(21-25-12)14-5-3-2-4-6-14)18(22)20-11-13-7-9-15(10-8-13)26(19,23)24/h2-10H,11H2,1H3,(H,20,22)(H2,19,23,24). The highest BCUT2D eigenvalue weighted by Crippen LogP contribution is 2.25. The molecule has 0 aliphatic carbocycles. The highest BCUT2D eigenvalue weighted by molar-refractivity contribution is 7.89. The molecule has 0 aliphatic heterocycles. The van der Waals surface area contributed by atoms with E-state index in [0.717, 1.165) is 11.1 Å². The molecule has 3 N–H and O–H groups in total. The number of nitrogens with zero attached hydrogens (tertiary/aromatic N) is 1. The first-order chi connectivity index (χ1) is 12.4. The van der Waals surface area contributed by atoms with Crippen LogP contribution in [0.3, 0.4) is 0 Å². The molecule has 26 heavy (non-hydrogen) atoms. The maximum absolute atomic E-state index is 12.6. The van der Waals surface area contributed by atoms with Gasteiger partial charge in [-0.1, -0.05) is 47.6 Å². The van der Waals surface area contributed by atoms with Crippen LogP contribution in [0.5, 0.6) is 0 Å². The van der Waals surface area contributed by atoms with Crippen molar-refractivity contribution in [3.8, 4) is 11.3 Å². The number of benzene rings is 2. The zero-order valence-corrected chi connectivity index (χ0v) is 14.8. The lowest BCUT2D eigenvalue weighted by atomic mass is 10.1. The number of hydrogen-bond acceptors (Lipinski definition) is 5. The Morgan fingerprint density at radius 1 is 1.12 bits per heavy atom. The van der Waals surface area contributed by atoms with Crippen LogP contribution >= 0.6 is 0 Å². The van der Waals surface area contributed by atoms with Crippen LogP contribution in [0.25, 0.3) is 11.3 Å². The van der Waals surface area contributed by atoms with Gasteiger partial charge in [0.05, 0.1) is 4.90 Å². The number of sulfonamides is 1. The molecule has 1 aromatic heterocycles. The van der Waals surface area contributed by atoms with Gasteiger partial charge in [-0.2, -0.15) is 0 Å². The Hall–Kier alpha value is -2.97. The maximum Gasteiger partial charge on any atom is 0.257 e. The Balaban J connectivity index is 1.76. The van der Waals surface area contributed by atoms with Crippen molar-refractivity contribution < 1.29 is 17.7 Å². The second kappa shape index (κ2) is 7.11. The zero-order chi connectivity index (χ0) is 18.7. The number of carbonyl (C=O) groups excluding carboxylic acids is 1. The van der Waals surface area contributed by atoms with E-state index in [0.29, 0.717) is 17.0 Å². The summed E-state index contributed by atoms with van der Waals surface area (Å²) in [6, 6.07) is 15.3. The van der Waals surface area contributed by atoms with Gasteiger partial charge in [0.25, 0.3) is 5.91 Å². The topological polar surface area (TPSA) is 115 Å². The lowest BCUT2D eigenvalue weighted by Crippen LogP contribution is -2.23. The molecule has 3 rings (SSSR count). The third kappa shape index (κ3) is 3.81. The molecule has 7 nitrogen and oxygen atoms in total. The van der Waals surface area contributed by atoms with Crippen LogP contribution in [-0.2, 0) is 16.6 Å². The molecule has 0 radical (unpaired) electrons. The van der Waals surface area contributed by atoms with Gasteiger partial charge in [-0.25, -0.2) is 13.6 Å². The summed E-state index contributed by atoms with van der Waals surface area (Å²) in [6.07, 6.45) is 0. The predicted molar refractivity (Wildman–Crippen MR) is 95.7 cm³/mol. The van der Waals surface area contributed by atoms with Crippen molar-refractivity contribution in [1.29, 1.82) is 0 Å². The van der Waals surface area contributed by atoms with E-state index in [1.165, 1.54) is 12.1 Å². The van der Waals surface area contributed by atoms with E-state index in [-0.39, 0.29) is 17.3 Å². The van der Waals surface area contributed by atoms with Crippen LogP contribution in [0.4, 0.5) is 0 Å². The van der Waals surface area contributed by atoms with Gasteiger partial charge >= 0.3 is 0 Å². The van der Waals surface area contributed by atoms with Crippen LogP contribution < -0.4 is 10.5 Å². The summed E-state index contributed by atoms with van der Waals surface area (Å²) < 4.78 is 27.7. The predicted octanol–water partition coefficient (Wildman–Crippen LogP) is 2.23.